The van der Waals surface area contributed by atoms with E-state index in [4.69, 9.17) is 5.73 Å². The first-order chi connectivity index (χ1) is 14.0. The Bertz CT molecular complexity index is 734. The summed E-state index contributed by atoms with van der Waals surface area (Å²) in [5.74, 6) is -0.270. The van der Waals surface area contributed by atoms with Crippen LogP contribution in [-0.4, -0.2) is 66.3 Å². The van der Waals surface area contributed by atoms with Gasteiger partial charge < -0.3 is 16.0 Å². The van der Waals surface area contributed by atoms with Crippen molar-refractivity contribution < 1.29 is 14.4 Å². The maximum absolute atomic E-state index is 12.6. The maximum atomic E-state index is 12.6. The average molecular weight is 399 g/mol. The number of hydrogen-bond acceptors (Lipinski definition) is 4. The number of carbonyl (C=O) groups is 3. The summed E-state index contributed by atoms with van der Waals surface area (Å²) in [6.07, 6.45) is 6.48. The van der Waals surface area contributed by atoms with Gasteiger partial charge in [-0.25, -0.2) is 0 Å². The van der Waals surface area contributed by atoms with Crippen molar-refractivity contribution >= 4 is 23.8 Å². The SMILES string of the molecule is NC(=O)CN1CCC(NC(=O)C2CCN(C(=O)/C=C/c3ccccc3)CC2)CC1. The number of carbonyl (C=O) groups excluding carboxylic acids is 3. The molecule has 0 bridgehead atoms. The van der Waals surface area contributed by atoms with Crippen molar-refractivity contribution in [1.29, 1.82) is 0 Å². The molecular weight excluding hydrogens is 368 g/mol. The predicted molar refractivity (Wildman–Crippen MR) is 112 cm³/mol. The van der Waals surface area contributed by atoms with Crippen molar-refractivity contribution in [3.8, 4) is 0 Å². The van der Waals surface area contributed by atoms with Crippen LogP contribution in [0.4, 0.5) is 0 Å². The molecule has 3 N–H and O–H groups in total. The molecular formula is C22H30N4O3. The lowest BCUT2D eigenvalue weighted by atomic mass is 9.94. The number of rotatable bonds is 6. The molecule has 0 aromatic heterocycles. The number of nitrogens with two attached hydrogens (primary N) is 1. The van der Waals surface area contributed by atoms with Crippen LogP contribution in [0.2, 0.25) is 0 Å². The first-order valence-electron chi connectivity index (χ1n) is 10.3. The minimum Gasteiger partial charge on any atom is -0.369 e. The topological polar surface area (TPSA) is 95.7 Å². The zero-order valence-corrected chi connectivity index (χ0v) is 16.8. The molecule has 2 aliphatic rings. The van der Waals surface area contributed by atoms with E-state index in [0.29, 0.717) is 25.9 Å². The van der Waals surface area contributed by atoms with Gasteiger partial charge in [-0.3, -0.25) is 19.3 Å². The van der Waals surface area contributed by atoms with Crippen LogP contribution in [0.5, 0.6) is 0 Å². The van der Waals surface area contributed by atoms with Gasteiger partial charge in [-0.05, 0) is 37.3 Å². The lowest BCUT2D eigenvalue weighted by Gasteiger charge is -2.34. The van der Waals surface area contributed by atoms with Gasteiger partial charge in [0.05, 0.1) is 6.54 Å². The summed E-state index contributed by atoms with van der Waals surface area (Å²) in [6.45, 7) is 3.04. The monoisotopic (exact) mass is 398 g/mol. The van der Waals surface area contributed by atoms with Crippen LogP contribution < -0.4 is 11.1 Å². The van der Waals surface area contributed by atoms with Crippen molar-refractivity contribution in [3.63, 3.8) is 0 Å². The van der Waals surface area contributed by atoms with Crippen molar-refractivity contribution in [2.24, 2.45) is 11.7 Å². The largest absolute Gasteiger partial charge is 0.369 e. The molecule has 2 saturated heterocycles. The Hall–Kier alpha value is -2.67. The zero-order valence-electron chi connectivity index (χ0n) is 16.8. The Kier molecular flexibility index (Phi) is 7.41. The average Bonchev–Trinajstić information content (AvgIpc) is 2.74. The first-order valence-corrected chi connectivity index (χ1v) is 10.3. The van der Waals surface area contributed by atoms with Crippen LogP contribution in [-0.2, 0) is 14.4 Å². The number of amides is 3. The van der Waals surface area contributed by atoms with E-state index in [9.17, 15) is 14.4 Å². The molecule has 1 aromatic rings. The van der Waals surface area contributed by atoms with E-state index in [2.05, 4.69) is 5.32 Å². The fourth-order valence-corrected chi connectivity index (χ4v) is 3.97. The highest BCUT2D eigenvalue weighted by Crippen LogP contribution is 2.19. The zero-order chi connectivity index (χ0) is 20.6. The lowest BCUT2D eigenvalue weighted by molar-refractivity contribution is -0.132. The van der Waals surface area contributed by atoms with Crippen LogP contribution >= 0.6 is 0 Å². The second-order valence-corrected chi connectivity index (χ2v) is 7.87. The summed E-state index contributed by atoms with van der Waals surface area (Å²) in [4.78, 5) is 39.8. The molecule has 156 valence electrons. The van der Waals surface area contributed by atoms with Gasteiger partial charge in [0.15, 0.2) is 0 Å². The van der Waals surface area contributed by atoms with Gasteiger partial charge in [0, 0.05) is 44.2 Å². The molecule has 3 rings (SSSR count). The van der Waals surface area contributed by atoms with E-state index in [1.165, 1.54) is 0 Å². The smallest absolute Gasteiger partial charge is 0.246 e. The molecule has 0 aliphatic carbocycles. The van der Waals surface area contributed by atoms with Gasteiger partial charge in [-0.1, -0.05) is 30.3 Å². The molecule has 1 aromatic carbocycles. The summed E-state index contributed by atoms with van der Waals surface area (Å²) in [5, 5.41) is 3.15. The normalized spacial score (nSPS) is 19.4. The molecule has 2 heterocycles. The second-order valence-electron chi connectivity index (χ2n) is 7.87. The van der Waals surface area contributed by atoms with Crippen molar-refractivity contribution in [3.05, 3.63) is 42.0 Å². The summed E-state index contributed by atoms with van der Waals surface area (Å²) in [5.41, 5.74) is 6.23. The second kappa shape index (κ2) is 10.2. The first kappa shape index (κ1) is 21.0. The molecule has 2 aliphatic heterocycles. The third kappa shape index (κ3) is 6.42. The van der Waals surface area contributed by atoms with E-state index in [1.807, 2.05) is 46.2 Å². The van der Waals surface area contributed by atoms with E-state index in [-0.39, 0.29) is 36.2 Å². The number of piperidine rings is 2. The number of benzene rings is 1. The molecule has 0 spiro atoms. The molecule has 0 saturated carbocycles. The van der Waals surface area contributed by atoms with Crippen LogP contribution in [0.3, 0.4) is 0 Å². The Balaban J connectivity index is 1.39. The van der Waals surface area contributed by atoms with Gasteiger partial charge in [0.1, 0.15) is 0 Å². The molecule has 7 nitrogen and oxygen atoms in total. The highest BCUT2D eigenvalue weighted by molar-refractivity contribution is 5.92. The van der Waals surface area contributed by atoms with Crippen molar-refractivity contribution in [2.75, 3.05) is 32.7 Å². The molecule has 0 atom stereocenters. The summed E-state index contributed by atoms with van der Waals surface area (Å²) >= 11 is 0. The van der Waals surface area contributed by atoms with E-state index < -0.39 is 0 Å². The van der Waals surface area contributed by atoms with Gasteiger partial charge in [0.2, 0.25) is 17.7 Å². The van der Waals surface area contributed by atoms with Gasteiger partial charge in [0.25, 0.3) is 0 Å². The number of primary amides is 1. The third-order valence-corrected chi connectivity index (χ3v) is 5.71. The molecule has 29 heavy (non-hydrogen) atoms. The molecule has 0 unspecified atom stereocenters. The number of hydrogen-bond donors (Lipinski definition) is 2. The summed E-state index contributed by atoms with van der Waals surface area (Å²) in [6, 6.07) is 9.89. The summed E-state index contributed by atoms with van der Waals surface area (Å²) < 4.78 is 0. The minimum atomic E-state index is -0.313. The Morgan fingerprint density at radius 3 is 2.28 bits per heavy atom. The van der Waals surface area contributed by atoms with Gasteiger partial charge >= 0.3 is 0 Å². The van der Waals surface area contributed by atoms with Gasteiger partial charge in [-0.15, -0.1) is 0 Å². The quantitative estimate of drug-likeness (QED) is 0.699. The Morgan fingerprint density at radius 2 is 1.66 bits per heavy atom. The molecule has 3 amide bonds. The minimum absolute atomic E-state index is 0.00506. The van der Waals surface area contributed by atoms with Gasteiger partial charge in [-0.2, -0.15) is 0 Å². The highest BCUT2D eigenvalue weighted by Gasteiger charge is 2.29. The van der Waals surface area contributed by atoms with Crippen molar-refractivity contribution in [2.45, 2.75) is 31.7 Å². The fourth-order valence-electron chi connectivity index (χ4n) is 3.97. The van der Waals surface area contributed by atoms with E-state index in [1.54, 1.807) is 6.08 Å². The highest BCUT2D eigenvalue weighted by atomic mass is 16.2. The molecule has 7 heteroatoms. The Morgan fingerprint density at radius 1 is 1.00 bits per heavy atom. The third-order valence-electron chi connectivity index (χ3n) is 5.71. The van der Waals surface area contributed by atoms with Crippen molar-refractivity contribution in [1.82, 2.24) is 15.1 Å². The fraction of sp³-hybridized carbons (Fsp3) is 0.500. The van der Waals surface area contributed by atoms with E-state index in [0.717, 1.165) is 31.5 Å². The van der Waals surface area contributed by atoms with Crippen LogP contribution in [0, 0.1) is 5.92 Å². The van der Waals surface area contributed by atoms with Crippen LogP contribution in [0.15, 0.2) is 36.4 Å². The summed E-state index contributed by atoms with van der Waals surface area (Å²) in [7, 11) is 0. The number of nitrogens with zero attached hydrogens (tertiary/aromatic N) is 2. The van der Waals surface area contributed by atoms with E-state index >= 15 is 0 Å². The van der Waals surface area contributed by atoms with Crippen LogP contribution in [0.1, 0.15) is 31.2 Å². The standard InChI is InChI=1S/C22H30N4O3/c23-20(27)16-25-12-10-19(11-13-25)24-22(29)18-8-14-26(15-9-18)21(28)7-6-17-4-2-1-3-5-17/h1-7,18-19H,8-16H2,(H2,23,27)(H,24,29)/b7-6+. The molecule has 2 fully saturated rings. The molecule has 0 radical (unpaired) electrons. The van der Waals surface area contributed by atoms with Crippen LogP contribution in [0.25, 0.3) is 6.08 Å². The predicted octanol–water partition coefficient (Wildman–Crippen LogP) is 1.00. The number of nitrogens with one attached hydrogen (secondary N) is 1. The lowest BCUT2D eigenvalue weighted by Crippen LogP contribution is -2.49. The number of likely N-dealkylation sites (tertiary alicyclic amines) is 2. The Labute approximate surface area is 171 Å². The maximum Gasteiger partial charge on any atom is 0.246 e.